The molecule has 8 heteroatoms. The maximum absolute atomic E-state index is 10.0. The van der Waals surface area contributed by atoms with Gasteiger partial charge in [0, 0.05) is 0 Å². The van der Waals surface area contributed by atoms with Gasteiger partial charge in [-0.2, -0.15) is 0 Å². The summed E-state index contributed by atoms with van der Waals surface area (Å²) in [5, 5.41) is 29.2. The number of imidazole rings is 1. The van der Waals surface area contributed by atoms with Crippen LogP contribution in [-0.2, 0) is 0 Å². The third-order valence-electron chi connectivity index (χ3n) is 3.26. The Balaban J connectivity index is 2.10. The Bertz CT molecular complexity index is 640. The molecule has 0 aliphatic heterocycles. The van der Waals surface area contributed by atoms with Crippen molar-refractivity contribution in [3.8, 4) is 0 Å². The van der Waals surface area contributed by atoms with E-state index >= 15 is 0 Å². The predicted octanol–water partition coefficient (Wildman–Crippen LogP) is -1.40. The number of nitrogens with zero attached hydrogens (tertiary/aromatic N) is 4. The fourth-order valence-electron chi connectivity index (χ4n) is 2.20. The van der Waals surface area contributed by atoms with Crippen LogP contribution in [0.3, 0.4) is 0 Å². The number of anilines is 1. The van der Waals surface area contributed by atoms with Crippen LogP contribution < -0.4 is 5.73 Å². The second-order valence-electron chi connectivity index (χ2n) is 4.43. The topological polar surface area (TPSA) is 130 Å². The minimum Gasteiger partial charge on any atom is -0.388 e. The summed E-state index contributed by atoms with van der Waals surface area (Å²) in [6.07, 6.45) is 2.30. The molecule has 0 radical (unpaired) electrons. The molecule has 0 aromatic carbocycles. The zero-order valence-corrected chi connectivity index (χ0v) is 9.83. The van der Waals surface area contributed by atoms with Crippen LogP contribution in [0.1, 0.15) is 6.04 Å². The minimum absolute atomic E-state index is 0.249. The van der Waals surface area contributed by atoms with Crippen LogP contribution in [0.15, 0.2) is 24.8 Å². The first kappa shape index (κ1) is 12.0. The normalized spacial score (nSPS) is 30.9. The molecular weight excluding hydrogens is 250 g/mol. The van der Waals surface area contributed by atoms with Crippen molar-refractivity contribution in [2.75, 3.05) is 5.73 Å². The number of hydrogen-bond acceptors (Lipinski definition) is 7. The number of aliphatic hydroxyl groups excluding tert-OH is 3. The average Bonchev–Trinajstić information content (AvgIpc) is 2.82. The highest BCUT2D eigenvalue weighted by atomic mass is 16.4. The lowest BCUT2D eigenvalue weighted by atomic mass is 9.94. The molecule has 19 heavy (non-hydrogen) atoms. The summed E-state index contributed by atoms with van der Waals surface area (Å²) >= 11 is 0. The van der Waals surface area contributed by atoms with Gasteiger partial charge in [0.1, 0.15) is 30.2 Å². The van der Waals surface area contributed by atoms with Crippen LogP contribution in [0.5, 0.6) is 0 Å². The lowest BCUT2D eigenvalue weighted by Gasteiger charge is -2.31. The first-order chi connectivity index (χ1) is 9.09. The van der Waals surface area contributed by atoms with E-state index in [1.165, 1.54) is 18.7 Å². The van der Waals surface area contributed by atoms with Crippen LogP contribution in [0.4, 0.5) is 5.82 Å². The van der Waals surface area contributed by atoms with Crippen molar-refractivity contribution >= 4 is 17.0 Å². The summed E-state index contributed by atoms with van der Waals surface area (Å²) in [5.41, 5.74) is 6.58. The van der Waals surface area contributed by atoms with Crippen molar-refractivity contribution in [3.05, 3.63) is 24.8 Å². The van der Waals surface area contributed by atoms with Crippen molar-refractivity contribution in [1.29, 1.82) is 0 Å². The van der Waals surface area contributed by atoms with Gasteiger partial charge in [-0.3, -0.25) is 0 Å². The fourth-order valence-corrected chi connectivity index (χ4v) is 2.20. The number of aromatic nitrogens is 4. The van der Waals surface area contributed by atoms with Crippen molar-refractivity contribution < 1.29 is 15.3 Å². The van der Waals surface area contributed by atoms with Gasteiger partial charge in [-0.05, 0) is 0 Å². The van der Waals surface area contributed by atoms with E-state index in [1.807, 2.05) is 0 Å². The molecule has 100 valence electrons. The van der Waals surface area contributed by atoms with E-state index in [-0.39, 0.29) is 5.82 Å². The lowest BCUT2D eigenvalue weighted by Crippen LogP contribution is -2.44. The van der Waals surface area contributed by atoms with Gasteiger partial charge in [-0.15, -0.1) is 0 Å². The summed E-state index contributed by atoms with van der Waals surface area (Å²) in [7, 11) is 0. The highest BCUT2D eigenvalue weighted by Crippen LogP contribution is 2.27. The zero-order valence-electron chi connectivity index (χ0n) is 9.83. The molecule has 1 aliphatic rings. The van der Waals surface area contributed by atoms with Gasteiger partial charge in [-0.1, -0.05) is 12.2 Å². The van der Waals surface area contributed by atoms with Gasteiger partial charge in [0.15, 0.2) is 11.5 Å². The highest BCUT2D eigenvalue weighted by Gasteiger charge is 2.34. The number of hydrogen-bond donors (Lipinski definition) is 4. The Morgan fingerprint density at radius 1 is 1.05 bits per heavy atom. The summed E-state index contributed by atoms with van der Waals surface area (Å²) in [5.74, 6) is 0.249. The second kappa shape index (κ2) is 4.26. The average molecular weight is 263 g/mol. The van der Waals surface area contributed by atoms with Gasteiger partial charge >= 0.3 is 0 Å². The Morgan fingerprint density at radius 3 is 2.63 bits per heavy atom. The van der Waals surface area contributed by atoms with Gasteiger partial charge in [0.25, 0.3) is 0 Å². The SMILES string of the molecule is Nc1ncnc2c1ncn2[C@H]1C=C[C@H](O)[C@H](O)[C@H]1O. The first-order valence-corrected chi connectivity index (χ1v) is 5.75. The summed E-state index contributed by atoms with van der Waals surface area (Å²) in [6.45, 7) is 0. The molecule has 4 atom stereocenters. The smallest absolute Gasteiger partial charge is 0.166 e. The molecule has 0 saturated carbocycles. The number of fused-ring (bicyclic) bond motifs is 1. The Morgan fingerprint density at radius 2 is 1.84 bits per heavy atom. The van der Waals surface area contributed by atoms with E-state index in [4.69, 9.17) is 5.73 Å². The van der Waals surface area contributed by atoms with Gasteiger partial charge in [0.05, 0.1) is 12.4 Å². The molecule has 2 aromatic heterocycles. The maximum atomic E-state index is 10.0. The van der Waals surface area contributed by atoms with E-state index in [0.717, 1.165) is 0 Å². The summed E-state index contributed by atoms with van der Waals surface area (Å²) in [4.78, 5) is 12.0. The molecule has 0 bridgehead atoms. The van der Waals surface area contributed by atoms with Crippen LogP contribution in [0, 0.1) is 0 Å². The van der Waals surface area contributed by atoms with E-state index in [9.17, 15) is 15.3 Å². The van der Waals surface area contributed by atoms with Gasteiger partial charge in [-0.25, -0.2) is 15.0 Å². The van der Waals surface area contributed by atoms with Crippen molar-refractivity contribution in [2.45, 2.75) is 24.4 Å². The maximum Gasteiger partial charge on any atom is 0.166 e. The Kier molecular flexibility index (Phi) is 2.70. The molecule has 0 saturated heterocycles. The molecular formula is C11H13N5O3. The first-order valence-electron chi connectivity index (χ1n) is 5.75. The van der Waals surface area contributed by atoms with Gasteiger partial charge < -0.3 is 25.6 Å². The number of nitrogen functional groups attached to an aromatic ring is 1. The van der Waals surface area contributed by atoms with Crippen LogP contribution in [0.25, 0.3) is 11.2 Å². The Labute approximate surface area is 107 Å². The lowest BCUT2D eigenvalue weighted by molar-refractivity contribution is -0.0619. The van der Waals surface area contributed by atoms with E-state index in [1.54, 1.807) is 10.6 Å². The molecule has 0 unspecified atom stereocenters. The Hall–Kier alpha value is -2.03. The molecule has 0 spiro atoms. The van der Waals surface area contributed by atoms with Crippen molar-refractivity contribution in [1.82, 2.24) is 19.5 Å². The van der Waals surface area contributed by atoms with Crippen LogP contribution in [0.2, 0.25) is 0 Å². The highest BCUT2D eigenvalue weighted by molar-refractivity contribution is 5.81. The molecule has 5 N–H and O–H groups in total. The predicted molar refractivity (Wildman–Crippen MR) is 65.9 cm³/mol. The zero-order chi connectivity index (χ0) is 13.6. The van der Waals surface area contributed by atoms with E-state index in [0.29, 0.717) is 11.2 Å². The molecule has 8 nitrogen and oxygen atoms in total. The van der Waals surface area contributed by atoms with Gasteiger partial charge in [0.2, 0.25) is 0 Å². The number of nitrogens with two attached hydrogens (primary N) is 1. The van der Waals surface area contributed by atoms with Crippen LogP contribution in [-0.4, -0.2) is 53.2 Å². The molecule has 3 rings (SSSR count). The third-order valence-corrected chi connectivity index (χ3v) is 3.26. The second-order valence-corrected chi connectivity index (χ2v) is 4.43. The monoisotopic (exact) mass is 263 g/mol. The molecule has 0 fully saturated rings. The van der Waals surface area contributed by atoms with Crippen molar-refractivity contribution in [3.63, 3.8) is 0 Å². The number of rotatable bonds is 1. The molecule has 2 heterocycles. The molecule has 1 aliphatic carbocycles. The quantitative estimate of drug-likeness (QED) is 0.465. The fraction of sp³-hybridized carbons (Fsp3) is 0.364. The van der Waals surface area contributed by atoms with E-state index < -0.39 is 24.4 Å². The molecule has 0 amide bonds. The van der Waals surface area contributed by atoms with E-state index in [2.05, 4.69) is 15.0 Å². The summed E-state index contributed by atoms with van der Waals surface area (Å²) < 4.78 is 1.59. The van der Waals surface area contributed by atoms with Crippen LogP contribution >= 0.6 is 0 Å². The minimum atomic E-state index is -1.26. The largest absolute Gasteiger partial charge is 0.388 e. The number of aliphatic hydroxyl groups is 3. The molecule has 2 aromatic rings. The standard InChI is InChI=1S/C11H13N5O3/c12-10-7-11(14-3-13-10)16(4-15-7)5-1-2-6(17)9(19)8(5)18/h1-6,8-9,17-19H,(H2,12,13,14)/t5-,6-,8-,9-/m0/s1. The third kappa shape index (κ3) is 1.77. The summed E-state index contributed by atoms with van der Waals surface area (Å²) in [6, 6.07) is -0.572. The van der Waals surface area contributed by atoms with Crippen molar-refractivity contribution in [2.24, 2.45) is 0 Å².